The highest BCUT2D eigenvalue weighted by Crippen LogP contribution is 2.29. The minimum Gasteiger partial charge on any atom is -0.340 e. The Kier molecular flexibility index (Phi) is 4.28. The van der Waals surface area contributed by atoms with Gasteiger partial charge in [-0.15, -0.1) is 0 Å². The van der Waals surface area contributed by atoms with E-state index in [2.05, 4.69) is 63.2 Å². The Hall–Kier alpha value is -2.62. The van der Waals surface area contributed by atoms with Gasteiger partial charge >= 0.3 is 0 Å². The van der Waals surface area contributed by atoms with Gasteiger partial charge < -0.3 is 4.57 Å². The molecular weight excluding hydrogens is 296 g/mol. The third-order valence-corrected chi connectivity index (χ3v) is 4.67. The summed E-state index contributed by atoms with van der Waals surface area (Å²) in [4.78, 5) is 3.98. The van der Waals surface area contributed by atoms with Crippen molar-refractivity contribution in [2.75, 3.05) is 0 Å². The van der Waals surface area contributed by atoms with E-state index in [-0.39, 0.29) is 0 Å². The van der Waals surface area contributed by atoms with E-state index in [1.807, 2.05) is 4.68 Å². The minimum absolute atomic E-state index is 0.968. The molecule has 0 aliphatic heterocycles. The van der Waals surface area contributed by atoms with Crippen LogP contribution < -0.4 is 0 Å². The van der Waals surface area contributed by atoms with E-state index < -0.39 is 0 Å². The van der Waals surface area contributed by atoms with Crippen LogP contribution in [0.4, 0.5) is 0 Å². The molecule has 0 saturated carbocycles. The molecule has 0 unspecified atom stereocenters. The second-order valence-corrected chi connectivity index (χ2v) is 6.26. The highest BCUT2D eigenvalue weighted by atomic mass is 15.3. The summed E-state index contributed by atoms with van der Waals surface area (Å²) in [7, 11) is 0. The number of rotatable bonds is 7. The fourth-order valence-corrected chi connectivity index (χ4v) is 3.49. The topological polar surface area (TPSA) is 35.6 Å². The molecule has 0 bridgehead atoms. The Balaban J connectivity index is 1.40. The molecule has 0 fully saturated rings. The van der Waals surface area contributed by atoms with Gasteiger partial charge in [-0.25, -0.2) is 4.98 Å². The predicted molar refractivity (Wildman–Crippen MR) is 97.9 cm³/mol. The zero-order valence-corrected chi connectivity index (χ0v) is 13.8. The first-order chi connectivity index (χ1) is 11.9. The van der Waals surface area contributed by atoms with Crippen LogP contribution in [0.1, 0.15) is 25.7 Å². The number of fused-ring (bicyclic) bond motifs is 3. The Morgan fingerprint density at radius 1 is 0.708 bits per heavy atom. The second kappa shape index (κ2) is 6.87. The smallest absolute Gasteiger partial charge is 0.137 e. The van der Waals surface area contributed by atoms with E-state index in [9.17, 15) is 0 Å². The maximum Gasteiger partial charge on any atom is 0.137 e. The van der Waals surface area contributed by atoms with Gasteiger partial charge in [-0.3, -0.25) is 4.68 Å². The third-order valence-electron chi connectivity index (χ3n) is 4.67. The highest BCUT2D eigenvalue weighted by molar-refractivity contribution is 6.07. The van der Waals surface area contributed by atoms with Gasteiger partial charge in [0, 0.05) is 34.9 Å². The van der Waals surface area contributed by atoms with E-state index in [0.29, 0.717) is 0 Å². The van der Waals surface area contributed by atoms with Crippen molar-refractivity contribution in [2.24, 2.45) is 0 Å². The van der Waals surface area contributed by atoms with Crippen LogP contribution in [0.5, 0.6) is 0 Å². The van der Waals surface area contributed by atoms with Crippen molar-refractivity contribution in [1.29, 1.82) is 0 Å². The average Bonchev–Trinajstić information content (AvgIpc) is 3.25. The average molecular weight is 318 g/mol. The van der Waals surface area contributed by atoms with Crippen molar-refractivity contribution in [3.8, 4) is 0 Å². The van der Waals surface area contributed by atoms with Crippen LogP contribution in [0.3, 0.4) is 0 Å². The van der Waals surface area contributed by atoms with E-state index in [0.717, 1.165) is 19.5 Å². The van der Waals surface area contributed by atoms with Crippen molar-refractivity contribution in [2.45, 2.75) is 38.8 Å². The van der Waals surface area contributed by atoms with Gasteiger partial charge in [-0.1, -0.05) is 49.2 Å². The molecule has 0 aliphatic carbocycles. The lowest BCUT2D eigenvalue weighted by Gasteiger charge is -2.07. The van der Waals surface area contributed by atoms with E-state index in [4.69, 9.17) is 0 Å². The lowest BCUT2D eigenvalue weighted by molar-refractivity contribution is 0.521. The van der Waals surface area contributed by atoms with Gasteiger partial charge in [0.15, 0.2) is 0 Å². The molecule has 0 spiro atoms. The van der Waals surface area contributed by atoms with Crippen molar-refractivity contribution in [3.63, 3.8) is 0 Å². The van der Waals surface area contributed by atoms with Gasteiger partial charge in [0.05, 0.1) is 0 Å². The van der Waals surface area contributed by atoms with Crippen LogP contribution >= 0.6 is 0 Å². The fourth-order valence-electron chi connectivity index (χ4n) is 3.49. The largest absolute Gasteiger partial charge is 0.340 e. The van der Waals surface area contributed by atoms with E-state index >= 15 is 0 Å². The zero-order chi connectivity index (χ0) is 16.2. The number of hydrogen-bond donors (Lipinski definition) is 0. The summed E-state index contributed by atoms with van der Waals surface area (Å²) >= 11 is 0. The van der Waals surface area contributed by atoms with Crippen molar-refractivity contribution in [1.82, 2.24) is 19.3 Å². The van der Waals surface area contributed by atoms with E-state index in [1.54, 1.807) is 12.7 Å². The molecule has 0 saturated heterocycles. The van der Waals surface area contributed by atoms with Gasteiger partial charge in [0.1, 0.15) is 12.7 Å². The van der Waals surface area contributed by atoms with Crippen LogP contribution in [-0.2, 0) is 13.1 Å². The molecule has 2 aromatic carbocycles. The quantitative estimate of drug-likeness (QED) is 0.465. The summed E-state index contributed by atoms with van der Waals surface area (Å²) < 4.78 is 4.38. The van der Waals surface area contributed by atoms with Gasteiger partial charge in [-0.05, 0) is 25.0 Å². The van der Waals surface area contributed by atoms with Crippen LogP contribution in [-0.4, -0.2) is 19.3 Å². The first-order valence-electron chi connectivity index (χ1n) is 8.72. The number of hydrogen-bond acceptors (Lipinski definition) is 2. The number of unbranched alkanes of at least 4 members (excludes halogenated alkanes) is 3. The maximum absolute atomic E-state index is 4.14. The van der Waals surface area contributed by atoms with Gasteiger partial charge in [-0.2, -0.15) is 5.10 Å². The molecule has 4 aromatic rings. The van der Waals surface area contributed by atoms with E-state index in [1.165, 1.54) is 41.1 Å². The molecule has 0 N–H and O–H groups in total. The number of para-hydroxylation sites is 2. The molecule has 24 heavy (non-hydrogen) atoms. The summed E-state index contributed by atoms with van der Waals surface area (Å²) in [5.74, 6) is 0. The van der Waals surface area contributed by atoms with Crippen LogP contribution in [0.15, 0.2) is 61.2 Å². The lowest BCUT2D eigenvalue weighted by Crippen LogP contribution is -2.00. The van der Waals surface area contributed by atoms with Crippen molar-refractivity contribution < 1.29 is 0 Å². The number of aromatic nitrogens is 4. The summed E-state index contributed by atoms with van der Waals surface area (Å²) in [6, 6.07) is 17.5. The maximum atomic E-state index is 4.14. The summed E-state index contributed by atoms with van der Waals surface area (Å²) in [6.07, 6.45) is 8.24. The zero-order valence-electron chi connectivity index (χ0n) is 13.8. The van der Waals surface area contributed by atoms with Crippen LogP contribution in [0.2, 0.25) is 0 Å². The molecule has 4 rings (SSSR count). The molecule has 122 valence electrons. The molecule has 4 heteroatoms. The summed E-state index contributed by atoms with van der Waals surface area (Å²) in [6.45, 7) is 2.05. The summed E-state index contributed by atoms with van der Waals surface area (Å²) in [5.41, 5.74) is 2.70. The Morgan fingerprint density at radius 3 is 1.96 bits per heavy atom. The first kappa shape index (κ1) is 14.9. The molecule has 0 aliphatic rings. The lowest BCUT2D eigenvalue weighted by atomic mass is 10.2. The van der Waals surface area contributed by atoms with Gasteiger partial charge in [0.25, 0.3) is 0 Å². The summed E-state index contributed by atoms with van der Waals surface area (Å²) in [5, 5.41) is 6.87. The SMILES string of the molecule is c1ccc2c(c1)c1ccccc1n2CCCCCCn1cncn1. The molecule has 2 aromatic heterocycles. The standard InChI is InChI=1S/C20H22N4/c1(7-13-23-16-21-15-22-23)2-8-14-24-19-11-5-3-9-17(19)18-10-4-6-12-20(18)24/h3-6,9-12,15-16H,1-2,7-8,13-14H2. The molecule has 0 atom stereocenters. The minimum atomic E-state index is 0.968. The molecule has 2 heterocycles. The Bertz CT molecular complexity index is 868. The number of aryl methyl sites for hydroxylation is 2. The van der Waals surface area contributed by atoms with Crippen LogP contribution in [0, 0.1) is 0 Å². The Morgan fingerprint density at radius 2 is 1.33 bits per heavy atom. The molecule has 0 amide bonds. The highest BCUT2D eigenvalue weighted by Gasteiger charge is 2.08. The fraction of sp³-hybridized carbons (Fsp3) is 0.300. The molecule has 4 nitrogen and oxygen atoms in total. The normalized spacial score (nSPS) is 11.5. The number of benzene rings is 2. The monoisotopic (exact) mass is 318 g/mol. The number of nitrogens with zero attached hydrogens (tertiary/aromatic N) is 4. The van der Waals surface area contributed by atoms with Crippen molar-refractivity contribution in [3.05, 3.63) is 61.2 Å². The van der Waals surface area contributed by atoms with Crippen LogP contribution in [0.25, 0.3) is 21.8 Å². The predicted octanol–water partition coefficient (Wildman–Crippen LogP) is 4.65. The first-order valence-corrected chi connectivity index (χ1v) is 8.72. The van der Waals surface area contributed by atoms with Gasteiger partial charge in [0.2, 0.25) is 0 Å². The molecular formula is C20H22N4. The molecule has 0 radical (unpaired) electrons. The van der Waals surface area contributed by atoms with Crippen molar-refractivity contribution >= 4 is 21.8 Å². The Labute approximate surface area is 141 Å². The second-order valence-electron chi connectivity index (χ2n) is 6.26. The third kappa shape index (κ3) is 2.92.